The van der Waals surface area contributed by atoms with Gasteiger partial charge in [0, 0.05) is 61.8 Å². The number of carbonyl (C=O) groups is 1. The molecule has 2 aromatic heterocycles. The number of nitrogens with one attached hydrogen (secondary N) is 2. The van der Waals surface area contributed by atoms with Gasteiger partial charge >= 0.3 is 0 Å². The Hall–Kier alpha value is -3.99. The number of anilines is 1. The Morgan fingerprint density at radius 1 is 1.06 bits per heavy atom. The molecular weight excluding hydrogens is 436 g/mol. The molecule has 2 aromatic carbocycles. The van der Waals surface area contributed by atoms with Crippen molar-refractivity contribution >= 4 is 22.5 Å². The maximum atomic E-state index is 12.9. The van der Waals surface area contributed by atoms with Crippen LogP contribution in [0.25, 0.3) is 10.9 Å². The second-order valence-electron chi connectivity index (χ2n) is 9.00. The highest BCUT2D eigenvalue weighted by molar-refractivity contribution is 6.04. The fourth-order valence-electron chi connectivity index (χ4n) is 4.22. The van der Waals surface area contributed by atoms with Gasteiger partial charge in [0.1, 0.15) is 5.69 Å². The van der Waals surface area contributed by atoms with Crippen LogP contribution in [-0.2, 0) is 6.54 Å². The van der Waals surface area contributed by atoms with Crippen LogP contribution in [0.15, 0.2) is 60.9 Å². The van der Waals surface area contributed by atoms with Crippen LogP contribution < -0.4 is 5.32 Å². The number of benzene rings is 2. The Morgan fingerprint density at radius 3 is 2.71 bits per heavy atom. The van der Waals surface area contributed by atoms with E-state index in [-0.39, 0.29) is 5.91 Å². The standard InChI is InChI=1S/C28H28N6O/c1-20-15-24(9-8-22(20)19-34-13-11-33(2)12-14-34)30-28(35)23-16-21(17-29-18-23)7-10-27-25-5-3-4-6-26(25)31-32-27/h3-6,8-9,15-18H,11-14,19H2,1-2H3,(H,30,35)(H,31,32). The molecule has 1 aliphatic rings. The smallest absolute Gasteiger partial charge is 0.257 e. The van der Waals surface area contributed by atoms with Gasteiger partial charge < -0.3 is 10.2 Å². The molecule has 0 bridgehead atoms. The predicted octanol–water partition coefficient (Wildman–Crippen LogP) is 3.67. The zero-order valence-electron chi connectivity index (χ0n) is 20.0. The van der Waals surface area contributed by atoms with Crippen molar-refractivity contribution in [1.82, 2.24) is 25.0 Å². The van der Waals surface area contributed by atoms with Crippen molar-refractivity contribution in [2.45, 2.75) is 13.5 Å². The lowest BCUT2D eigenvalue weighted by molar-refractivity contribution is 0.102. The summed E-state index contributed by atoms with van der Waals surface area (Å²) in [6, 6.07) is 15.7. The number of piperazine rings is 1. The van der Waals surface area contributed by atoms with E-state index < -0.39 is 0 Å². The Balaban J connectivity index is 1.26. The summed E-state index contributed by atoms with van der Waals surface area (Å²) in [7, 11) is 2.17. The van der Waals surface area contributed by atoms with E-state index >= 15 is 0 Å². The second kappa shape index (κ2) is 10.1. The third-order valence-electron chi connectivity index (χ3n) is 6.38. The Kier molecular flexibility index (Phi) is 6.57. The van der Waals surface area contributed by atoms with E-state index in [2.05, 4.69) is 62.2 Å². The van der Waals surface area contributed by atoms with Crippen molar-refractivity contribution in [2.24, 2.45) is 0 Å². The molecule has 5 rings (SSSR count). The minimum absolute atomic E-state index is 0.209. The van der Waals surface area contributed by atoms with Crippen molar-refractivity contribution in [3.8, 4) is 11.8 Å². The molecule has 4 aromatic rings. The third-order valence-corrected chi connectivity index (χ3v) is 6.38. The number of amides is 1. The Morgan fingerprint density at radius 2 is 1.89 bits per heavy atom. The minimum Gasteiger partial charge on any atom is -0.322 e. The number of hydrogen-bond donors (Lipinski definition) is 2. The van der Waals surface area contributed by atoms with Crippen LogP contribution in [0.4, 0.5) is 5.69 Å². The van der Waals surface area contributed by atoms with Gasteiger partial charge in [-0.2, -0.15) is 5.10 Å². The quantitative estimate of drug-likeness (QED) is 0.451. The molecule has 0 atom stereocenters. The predicted molar refractivity (Wildman–Crippen MR) is 138 cm³/mol. The Bertz CT molecular complexity index is 1420. The largest absolute Gasteiger partial charge is 0.322 e. The fourth-order valence-corrected chi connectivity index (χ4v) is 4.22. The molecule has 7 nitrogen and oxygen atoms in total. The summed E-state index contributed by atoms with van der Waals surface area (Å²) in [5, 5.41) is 11.2. The van der Waals surface area contributed by atoms with Crippen molar-refractivity contribution < 1.29 is 4.79 Å². The van der Waals surface area contributed by atoms with Gasteiger partial charge in [0.2, 0.25) is 0 Å². The summed E-state index contributed by atoms with van der Waals surface area (Å²) in [5.74, 6) is 5.98. The molecule has 1 saturated heterocycles. The number of rotatable bonds is 4. The Labute approximate surface area is 205 Å². The average Bonchev–Trinajstić information content (AvgIpc) is 3.29. The molecule has 35 heavy (non-hydrogen) atoms. The van der Waals surface area contributed by atoms with E-state index in [1.807, 2.05) is 36.4 Å². The molecule has 176 valence electrons. The summed E-state index contributed by atoms with van der Waals surface area (Å²) < 4.78 is 0. The molecule has 0 aliphatic carbocycles. The number of nitrogens with zero attached hydrogens (tertiary/aromatic N) is 4. The molecule has 1 aliphatic heterocycles. The molecule has 0 radical (unpaired) electrons. The van der Waals surface area contributed by atoms with E-state index in [0.29, 0.717) is 11.1 Å². The van der Waals surface area contributed by atoms with E-state index in [1.165, 1.54) is 11.1 Å². The van der Waals surface area contributed by atoms with Crippen molar-refractivity contribution in [1.29, 1.82) is 0 Å². The molecule has 3 heterocycles. The number of H-pyrrole nitrogens is 1. The maximum absolute atomic E-state index is 12.9. The molecule has 1 fully saturated rings. The number of fused-ring (bicyclic) bond motifs is 1. The summed E-state index contributed by atoms with van der Waals surface area (Å²) >= 11 is 0. The van der Waals surface area contributed by atoms with Gasteiger partial charge in [0.25, 0.3) is 5.91 Å². The topological polar surface area (TPSA) is 77.1 Å². The van der Waals surface area contributed by atoms with Crippen LogP contribution >= 0.6 is 0 Å². The summed E-state index contributed by atoms with van der Waals surface area (Å²) in [5.41, 5.74) is 5.97. The van der Waals surface area contributed by atoms with E-state index in [0.717, 1.165) is 55.0 Å². The molecule has 7 heteroatoms. The molecule has 0 saturated carbocycles. The number of hydrogen-bond acceptors (Lipinski definition) is 5. The molecule has 0 spiro atoms. The first-order valence-corrected chi connectivity index (χ1v) is 11.8. The normalized spacial score (nSPS) is 14.5. The SMILES string of the molecule is Cc1cc(NC(=O)c2cncc(C#Cc3[nH]nc4ccccc34)c2)ccc1CN1CCN(C)CC1. The summed E-state index contributed by atoms with van der Waals surface area (Å²) in [4.78, 5) is 21.9. The first-order chi connectivity index (χ1) is 17.0. The van der Waals surface area contributed by atoms with Gasteiger partial charge in [0.15, 0.2) is 0 Å². The van der Waals surface area contributed by atoms with Crippen LogP contribution in [0.3, 0.4) is 0 Å². The van der Waals surface area contributed by atoms with Crippen molar-refractivity contribution in [3.63, 3.8) is 0 Å². The number of para-hydroxylation sites is 1. The van der Waals surface area contributed by atoms with Gasteiger partial charge in [-0.15, -0.1) is 0 Å². The molecule has 0 unspecified atom stereocenters. The first kappa shape index (κ1) is 22.8. The molecule has 2 N–H and O–H groups in total. The summed E-state index contributed by atoms with van der Waals surface area (Å²) in [6.07, 6.45) is 3.21. The van der Waals surface area contributed by atoms with Gasteiger partial charge in [0.05, 0.1) is 11.1 Å². The average molecular weight is 465 g/mol. The third kappa shape index (κ3) is 5.40. The van der Waals surface area contributed by atoms with Gasteiger partial charge in [-0.3, -0.25) is 19.8 Å². The number of pyridine rings is 1. The van der Waals surface area contributed by atoms with Crippen molar-refractivity contribution in [2.75, 3.05) is 38.5 Å². The highest BCUT2D eigenvalue weighted by atomic mass is 16.1. The molecular formula is C28H28N6O. The van der Waals surface area contributed by atoms with Crippen LogP contribution in [0.1, 0.15) is 32.7 Å². The van der Waals surface area contributed by atoms with Crippen molar-refractivity contribution in [3.05, 3.63) is 88.9 Å². The highest BCUT2D eigenvalue weighted by Gasteiger charge is 2.15. The number of aromatic amines is 1. The fraction of sp³-hybridized carbons (Fsp3) is 0.250. The lowest BCUT2D eigenvalue weighted by atomic mass is 10.1. The lowest BCUT2D eigenvalue weighted by Crippen LogP contribution is -2.43. The van der Waals surface area contributed by atoms with Crippen LogP contribution in [0, 0.1) is 18.8 Å². The number of aromatic nitrogens is 3. The van der Waals surface area contributed by atoms with Gasteiger partial charge in [-0.05, 0) is 61.4 Å². The van der Waals surface area contributed by atoms with Crippen LogP contribution in [0.5, 0.6) is 0 Å². The monoisotopic (exact) mass is 464 g/mol. The van der Waals surface area contributed by atoms with Crippen LogP contribution in [-0.4, -0.2) is 64.1 Å². The van der Waals surface area contributed by atoms with E-state index in [9.17, 15) is 4.79 Å². The number of aryl methyl sites for hydroxylation is 1. The molecule has 1 amide bonds. The second-order valence-corrected chi connectivity index (χ2v) is 9.00. The lowest BCUT2D eigenvalue weighted by Gasteiger charge is -2.32. The highest BCUT2D eigenvalue weighted by Crippen LogP contribution is 2.19. The van der Waals surface area contributed by atoms with Gasteiger partial charge in [-0.25, -0.2) is 0 Å². The van der Waals surface area contributed by atoms with Crippen LogP contribution in [0.2, 0.25) is 0 Å². The number of likely N-dealkylation sites (N-methyl/N-ethyl adjacent to an activating group) is 1. The summed E-state index contributed by atoms with van der Waals surface area (Å²) in [6.45, 7) is 7.39. The zero-order chi connectivity index (χ0) is 24.2. The zero-order valence-corrected chi connectivity index (χ0v) is 20.0. The maximum Gasteiger partial charge on any atom is 0.257 e. The number of carbonyl (C=O) groups excluding carboxylic acids is 1. The first-order valence-electron chi connectivity index (χ1n) is 11.8. The van der Waals surface area contributed by atoms with E-state index in [4.69, 9.17) is 0 Å². The van der Waals surface area contributed by atoms with E-state index in [1.54, 1.807) is 18.5 Å². The van der Waals surface area contributed by atoms with Gasteiger partial charge in [-0.1, -0.05) is 24.1 Å². The minimum atomic E-state index is -0.209.